The maximum absolute atomic E-state index is 11.6. The highest BCUT2D eigenvalue weighted by molar-refractivity contribution is 7.91. The molecule has 21 heavy (non-hydrogen) atoms. The van der Waals surface area contributed by atoms with E-state index in [1.807, 2.05) is 6.92 Å². The van der Waals surface area contributed by atoms with Crippen molar-refractivity contribution in [3.63, 3.8) is 0 Å². The van der Waals surface area contributed by atoms with Gasteiger partial charge in [-0.15, -0.1) is 0 Å². The van der Waals surface area contributed by atoms with Crippen molar-refractivity contribution in [2.45, 2.75) is 39.3 Å². The fourth-order valence-corrected chi connectivity index (χ4v) is 5.10. The molecule has 5 nitrogen and oxygen atoms in total. The number of nitrogens with zero attached hydrogens (tertiary/aromatic N) is 2. The van der Waals surface area contributed by atoms with E-state index in [0.29, 0.717) is 18.1 Å². The van der Waals surface area contributed by atoms with Crippen LogP contribution < -0.4 is 5.32 Å². The average molecular weight is 332 g/mol. The third-order valence-electron chi connectivity index (χ3n) is 4.68. The summed E-state index contributed by atoms with van der Waals surface area (Å²) in [5.74, 6) is 2.01. The number of halogens is 1. The molecule has 2 heterocycles. The lowest BCUT2D eigenvalue weighted by Gasteiger charge is -2.10. The van der Waals surface area contributed by atoms with E-state index in [9.17, 15) is 8.42 Å². The molecule has 3 rings (SSSR count). The summed E-state index contributed by atoms with van der Waals surface area (Å²) >= 11 is 6.43. The maximum Gasteiger partial charge on any atom is 0.152 e. The van der Waals surface area contributed by atoms with Gasteiger partial charge in [-0.05, 0) is 38.1 Å². The highest BCUT2D eigenvalue weighted by Gasteiger charge is 2.33. The average Bonchev–Trinajstić information content (AvgIpc) is 2.87. The predicted molar refractivity (Wildman–Crippen MR) is 83.3 cm³/mol. The van der Waals surface area contributed by atoms with Gasteiger partial charge in [0.25, 0.3) is 0 Å². The van der Waals surface area contributed by atoms with Crippen LogP contribution in [0, 0.1) is 18.8 Å². The second-order valence-corrected chi connectivity index (χ2v) is 9.05. The molecule has 1 aliphatic heterocycles. The van der Waals surface area contributed by atoms with Crippen molar-refractivity contribution in [3.05, 3.63) is 16.4 Å². The van der Waals surface area contributed by atoms with E-state index in [-0.39, 0.29) is 17.5 Å². The molecule has 0 unspecified atom stereocenters. The normalized spacial score (nSPS) is 30.7. The van der Waals surface area contributed by atoms with Crippen LogP contribution in [0.5, 0.6) is 0 Å². The van der Waals surface area contributed by atoms with E-state index in [2.05, 4.69) is 17.3 Å². The molecule has 1 saturated carbocycles. The molecule has 0 aromatic carbocycles. The van der Waals surface area contributed by atoms with E-state index in [1.165, 1.54) is 6.42 Å². The van der Waals surface area contributed by atoms with Gasteiger partial charge in [0, 0.05) is 12.1 Å². The van der Waals surface area contributed by atoms with Crippen LogP contribution in [0.25, 0.3) is 0 Å². The minimum absolute atomic E-state index is 0.113. The number of hydrogen-bond donors (Lipinski definition) is 1. The number of aryl methyl sites for hydroxylation is 1. The zero-order valence-electron chi connectivity index (χ0n) is 12.5. The highest BCUT2D eigenvalue weighted by Crippen LogP contribution is 2.37. The van der Waals surface area contributed by atoms with Gasteiger partial charge in [-0.2, -0.15) is 5.10 Å². The zero-order valence-corrected chi connectivity index (χ0v) is 14.0. The number of aromatic nitrogens is 2. The second-order valence-electron chi connectivity index (χ2n) is 6.46. The minimum Gasteiger partial charge on any atom is -0.312 e. The monoisotopic (exact) mass is 331 g/mol. The Labute approximate surface area is 131 Å². The van der Waals surface area contributed by atoms with Gasteiger partial charge in [0.05, 0.1) is 23.2 Å². The quantitative estimate of drug-likeness (QED) is 0.895. The minimum atomic E-state index is -2.93. The molecule has 1 aromatic heterocycles. The van der Waals surface area contributed by atoms with Gasteiger partial charge in [0.15, 0.2) is 9.84 Å². The molecule has 1 aromatic rings. The molecule has 0 bridgehead atoms. The molecular formula is C14H22ClN3O2S. The van der Waals surface area contributed by atoms with Crippen molar-refractivity contribution in [1.29, 1.82) is 0 Å². The molecule has 118 valence electrons. The topological polar surface area (TPSA) is 64.0 Å². The SMILES string of the molecule is Cc1nn([C@@H]2CCS(=O)(=O)C2)c(Cl)c1CNC[C@H]1C[C@@H]1C. The summed E-state index contributed by atoms with van der Waals surface area (Å²) in [6.45, 7) is 5.92. The summed E-state index contributed by atoms with van der Waals surface area (Å²) in [7, 11) is -2.93. The Kier molecular flexibility index (Phi) is 4.05. The summed E-state index contributed by atoms with van der Waals surface area (Å²) < 4.78 is 24.9. The van der Waals surface area contributed by atoms with Crippen molar-refractivity contribution >= 4 is 21.4 Å². The van der Waals surface area contributed by atoms with Gasteiger partial charge in [0.2, 0.25) is 0 Å². The molecule has 0 radical (unpaired) electrons. The molecule has 1 aliphatic carbocycles. The lowest BCUT2D eigenvalue weighted by atomic mass is 10.2. The fraction of sp³-hybridized carbons (Fsp3) is 0.786. The Balaban J connectivity index is 1.68. The van der Waals surface area contributed by atoms with Gasteiger partial charge in [0.1, 0.15) is 5.15 Å². The third kappa shape index (κ3) is 3.27. The van der Waals surface area contributed by atoms with Crippen molar-refractivity contribution in [1.82, 2.24) is 15.1 Å². The predicted octanol–water partition coefficient (Wildman–Crippen LogP) is 1.95. The molecule has 7 heteroatoms. The van der Waals surface area contributed by atoms with E-state index in [1.54, 1.807) is 4.68 Å². The number of nitrogens with one attached hydrogen (secondary N) is 1. The van der Waals surface area contributed by atoms with Crippen LogP contribution in [0.1, 0.15) is 37.1 Å². The first-order valence-corrected chi connectivity index (χ1v) is 9.72. The van der Waals surface area contributed by atoms with Gasteiger partial charge < -0.3 is 5.32 Å². The molecule has 2 aliphatic rings. The maximum atomic E-state index is 11.6. The lowest BCUT2D eigenvalue weighted by Crippen LogP contribution is -2.17. The van der Waals surface area contributed by atoms with Crippen molar-refractivity contribution in [2.24, 2.45) is 11.8 Å². The van der Waals surface area contributed by atoms with Crippen LogP contribution >= 0.6 is 11.6 Å². The van der Waals surface area contributed by atoms with Crippen LogP contribution in [0.2, 0.25) is 5.15 Å². The van der Waals surface area contributed by atoms with Crippen LogP contribution in [0.3, 0.4) is 0 Å². The molecule has 0 amide bonds. The summed E-state index contributed by atoms with van der Waals surface area (Å²) in [4.78, 5) is 0. The number of sulfone groups is 1. The summed E-state index contributed by atoms with van der Waals surface area (Å²) in [6.07, 6.45) is 1.91. The van der Waals surface area contributed by atoms with Crippen LogP contribution in [0.15, 0.2) is 0 Å². The molecule has 2 fully saturated rings. The van der Waals surface area contributed by atoms with Crippen molar-refractivity contribution in [3.8, 4) is 0 Å². The second kappa shape index (κ2) is 5.56. The van der Waals surface area contributed by atoms with E-state index in [4.69, 9.17) is 11.6 Å². The van der Waals surface area contributed by atoms with Crippen LogP contribution in [-0.4, -0.2) is 36.2 Å². The molecule has 1 saturated heterocycles. The Bertz CT molecular complexity index is 641. The van der Waals surface area contributed by atoms with Crippen LogP contribution in [0.4, 0.5) is 0 Å². The largest absolute Gasteiger partial charge is 0.312 e. The molecule has 3 atom stereocenters. The van der Waals surface area contributed by atoms with E-state index < -0.39 is 9.84 Å². The van der Waals surface area contributed by atoms with Crippen LogP contribution in [-0.2, 0) is 16.4 Å². The Morgan fingerprint density at radius 1 is 1.48 bits per heavy atom. The molecular weight excluding hydrogens is 310 g/mol. The Hall–Kier alpha value is -0.590. The number of rotatable bonds is 5. The summed E-state index contributed by atoms with van der Waals surface area (Å²) in [6, 6.07) is -0.113. The molecule has 0 spiro atoms. The van der Waals surface area contributed by atoms with Gasteiger partial charge in [-0.1, -0.05) is 18.5 Å². The number of hydrogen-bond acceptors (Lipinski definition) is 4. The fourth-order valence-electron chi connectivity index (χ4n) is 3.03. The summed E-state index contributed by atoms with van der Waals surface area (Å²) in [5, 5.41) is 8.50. The van der Waals surface area contributed by atoms with E-state index in [0.717, 1.165) is 29.6 Å². The van der Waals surface area contributed by atoms with Gasteiger partial charge in [-0.3, -0.25) is 0 Å². The highest BCUT2D eigenvalue weighted by atomic mass is 35.5. The smallest absolute Gasteiger partial charge is 0.152 e. The van der Waals surface area contributed by atoms with Gasteiger partial charge >= 0.3 is 0 Å². The zero-order chi connectivity index (χ0) is 15.2. The molecule has 1 N–H and O–H groups in total. The lowest BCUT2D eigenvalue weighted by molar-refractivity contribution is 0.497. The van der Waals surface area contributed by atoms with Gasteiger partial charge in [-0.25, -0.2) is 13.1 Å². The third-order valence-corrected chi connectivity index (χ3v) is 6.84. The van der Waals surface area contributed by atoms with Crippen molar-refractivity contribution in [2.75, 3.05) is 18.1 Å². The standard InChI is InChI=1S/C14H22ClN3O2S/c1-9-5-11(9)6-16-7-13-10(2)17-18(14(13)15)12-3-4-21(19,20)8-12/h9,11-12,16H,3-8H2,1-2H3/t9-,11+,12+/m0/s1. The van der Waals surface area contributed by atoms with Crippen molar-refractivity contribution < 1.29 is 8.42 Å². The first-order valence-electron chi connectivity index (χ1n) is 7.52. The first kappa shape index (κ1) is 15.3. The van der Waals surface area contributed by atoms with E-state index >= 15 is 0 Å². The Morgan fingerprint density at radius 2 is 2.19 bits per heavy atom. The first-order chi connectivity index (χ1) is 9.87. The Morgan fingerprint density at radius 3 is 2.76 bits per heavy atom. The summed E-state index contributed by atoms with van der Waals surface area (Å²) in [5.41, 5.74) is 1.88.